The molecule has 6 heteroatoms. The van der Waals surface area contributed by atoms with E-state index in [9.17, 15) is 4.79 Å². The van der Waals surface area contributed by atoms with Gasteiger partial charge >= 0.3 is 0 Å². The van der Waals surface area contributed by atoms with Gasteiger partial charge in [-0.2, -0.15) is 0 Å². The highest BCUT2D eigenvalue weighted by Gasteiger charge is 2.14. The number of aryl methyl sites for hydroxylation is 1. The number of para-hydroxylation sites is 1. The SMILES string of the molecule is COc1ccc(-n2c(SCc3cc(C)ccc3OC)nc3ccccc3c2=O)cc1. The minimum absolute atomic E-state index is 0.0931. The van der Waals surface area contributed by atoms with Crippen molar-refractivity contribution in [3.63, 3.8) is 0 Å². The molecule has 5 nitrogen and oxygen atoms in total. The molecule has 1 heterocycles. The van der Waals surface area contributed by atoms with Gasteiger partial charge in [0.2, 0.25) is 0 Å². The van der Waals surface area contributed by atoms with Gasteiger partial charge in [0, 0.05) is 11.3 Å². The molecule has 0 aliphatic carbocycles. The third-order valence-corrected chi connectivity index (χ3v) is 5.86. The molecule has 0 aliphatic rings. The molecular formula is C24H22N2O3S. The van der Waals surface area contributed by atoms with Crippen LogP contribution in [0.2, 0.25) is 0 Å². The van der Waals surface area contributed by atoms with Crippen molar-refractivity contribution in [2.24, 2.45) is 0 Å². The normalized spacial score (nSPS) is 10.9. The Hall–Kier alpha value is -3.25. The van der Waals surface area contributed by atoms with E-state index in [2.05, 4.69) is 13.0 Å². The zero-order valence-corrected chi connectivity index (χ0v) is 17.9. The second kappa shape index (κ2) is 8.63. The smallest absolute Gasteiger partial charge is 0.266 e. The van der Waals surface area contributed by atoms with E-state index in [1.807, 2.05) is 60.7 Å². The van der Waals surface area contributed by atoms with Crippen molar-refractivity contribution in [3.05, 3.63) is 88.2 Å². The third-order valence-electron chi connectivity index (χ3n) is 4.87. The first kappa shape index (κ1) is 20.0. The van der Waals surface area contributed by atoms with E-state index in [4.69, 9.17) is 14.5 Å². The Labute approximate surface area is 179 Å². The van der Waals surface area contributed by atoms with Crippen LogP contribution in [-0.4, -0.2) is 23.8 Å². The molecular weight excluding hydrogens is 396 g/mol. The summed E-state index contributed by atoms with van der Waals surface area (Å²) in [6.07, 6.45) is 0. The Morgan fingerprint density at radius 1 is 0.967 bits per heavy atom. The van der Waals surface area contributed by atoms with Gasteiger partial charge in [-0.1, -0.05) is 41.6 Å². The van der Waals surface area contributed by atoms with E-state index in [1.165, 1.54) is 11.8 Å². The largest absolute Gasteiger partial charge is 0.497 e. The standard InChI is InChI=1S/C24H22N2O3S/c1-16-8-13-22(29-3)17(14-16)15-30-24-25-21-7-5-4-6-20(21)23(27)26(24)18-9-11-19(28-2)12-10-18/h4-14H,15H2,1-3H3. The predicted molar refractivity (Wildman–Crippen MR) is 121 cm³/mol. The number of rotatable bonds is 6. The molecule has 0 N–H and O–H groups in total. The number of nitrogens with zero attached hydrogens (tertiary/aromatic N) is 2. The highest BCUT2D eigenvalue weighted by Crippen LogP contribution is 2.29. The maximum atomic E-state index is 13.3. The van der Waals surface area contributed by atoms with Gasteiger partial charge in [-0.25, -0.2) is 4.98 Å². The number of fused-ring (bicyclic) bond motifs is 1. The van der Waals surface area contributed by atoms with E-state index in [0.29, 0.717) is 21.8 Å². The van der Waals surface area contributed by atoms with E-state index in [-0.39, 0.29) is 5.56 Å². The first-order chi connectivity index (χ1) is 14.6. The number of aromatic nitrogens is 2. The van der Waals surface area contributed by atoms with Gasteiger partial charge in [-0.15, -0.1) is 0 Å². The molecule has 0 radical (unpaired) electrons. The molecule has 152 valence electrons. The average molecular weight is 419 g/mol. The van der Waals surface area contributed by atoms with Crippen molar-refractivity contribution in [1.29, 1.82) is 0 Å². The van der Waals surface area contributed by atoms with Crippen LogP contribution in [0.1, 0.15) is 11.1 Å². The van der Waals surface area contributed by atoms with Gasteiger partial charge < -0.3 is 9.47 Å². The molecule has 0 aliphatic heterocycles. The van der Waals surface area contributed by atoms with Crippen LogP contribution in [0.5, 0.6) is 11.5 Å². The van der Waals surface area contributed by atoms with Crippen LogP contribution >= 0.6 is 11.8 Å². The number of ether oxygens (including phenoxy) is 2. The fourth-order valence-electron chi connectivity index (χ4n) is 3.33. The van der Waals surface area contributed by atoms with Gasteiger partial charge in [-0.3, -0.25) is 9.36 Å². The van der Waals surface area contributed by atoms with Gasteiger partial charge in [0.1, 0.15) is 11.5 Å². The van der Waals surface area contributed by atoms with Crippen LogP contribution in [0.3, 0.4) is 0 Å². The third kappa shape index (κ3) is 3.91. The summed E-state index contributed by atoms with van der Waals surface area (Å²) < 4.78 is 12.4. The second-order valence-corrected chi connectivity index (χ2v) is 7.80. The Bertz CT molecular complexity index is 1250. The maximum absolute atomic E-state index is 13.3. The van der Waals surface area contributed by atoms with Crippen molar-refractivity contribution >= 4 is 22.7 Å². The zero-order valence-electron chi connectivity index (χ0n) is 17.1. The molecule has 0 unspecified atom stereocenters. The molecule has 0 bridgehead atoms. The van der Waals surface area contributed by atoms with Crippen molar-refractivity contribution < 1.29 is 9.47 Å². The lowest BCUT2D eigenvalue weighted by molar-refractivity contribution is 0.411. The lowest BCUT2D eigenvalue weighted by Crippen LogP contribution is -2.21. The molecule has 4 rings (SSSR count). The molecule has 0 fully saturated rings. The number of methoxy groups -OCH3 is 2. The van der Waals surface area contributed by atoms with Crippen LogP contribution in [0, 0.1) is 6.92 Å². The summed E-state index contributed by atoms with van der Waals surface area (Å²) in [5.41, 5.74) is 3.56. The average Bonchev–Trinajstić information content (AvgIpc) is 2.78. The van der Waals surface area contributed by atoms with Crippen molar-refractivity contribution in [2.45, 2.75) is 17.8 Å². The Kier molecular flexibility index (Phi) is 5.77. The fourth-order valence-corrected chi connectivity index (χ4v) is 4.32. The fraction of sp³-hybridized carbons (Fsp3) is 0.167. The van der Waals surface area contributed by atoms with Crippen LogP contribution in [0.15, 0.2) is 76.7 Å². The quantitative estimate of drug-likeness (QED) is 0.326. The lowest BCUT2D eigenvalue weighted by atomic mass is 10.1. The van der Waals surface area contributed by atoms with Crippen LogP contribution in [-0.2, 0) is 5.75 Å². The molecule has 0 amide bonds. The monoisotopic (exact) mass is 418 g/mol. The first-order valence-electron chi connectivity index (χ1n) is 9.53. The van der Waals surface area contributed by atoms with Crippen LogP contribution in [0.25, 0.3) is 16.6 Å². The Morgan fingerprint density at radius 3 is 2.47 bits per heavy atom. The van der Waals surface area contributed by atoms with Crippen molar-refractivity contribution in [1.82, 2.24) is 9.55 Å². The zero-order chi connectivity index (χ0) is 21.1. The predicted octanol–water partition coefficient (Wildman–Crippen LogP) is 5.00. The Morgan fingerprint density at radius 2 is 1.73 bits per heavy atom. The molecule has 0 atom stereocenters. The summed E-state index contributed by atoms with van der Waals surface area (Å²) in [7, 11) is 3.29. The van der Waals surface area contributed by atoms with Gasteiger partial charge in [-0.05, 0) is 49.4 Å². The van der Waals surface area contributed by atoms with E-state index < -0.39 is 0 Å². The van der Waals surface area contributed by atoms with Crippen LogP contribution < -0.4 is 15.0 Å². The summed E-state index contributed by atoms with van der Waals surface area (Å²) in [5.74, 6) is 2.19. The molecule has 1 aromatic heterocycles. The lowest BCUT2D eigenvalue weighted by Gasteiger charge is -2.14. The number of hydrogen-bond acceptors (Lipinski definition) is 5. The summed E-state index contributed by atoms with van der Waals surface area (Å²) in [6, 6.07) is 20.9. The first-order valence-corrected chi connectivity index (χ1v) is 10.5. The Balaban J connectivity index is 1.81. The van der Waals surface area contributed by atoms with E-state index in [0.717, 1.165) is 28.3 Å². The summed E-state index contributed by atoms with van der Waals surface area (Å²) >= 11 is 1.51. The second-order valence-electron chi connectivity index (χ2n) is 6.85. The number of thioether (sulfide) groups is 1. The molecule has 30 heavy (non-hydrogen) atoms. The van der Waals surface area contributed by atoms with Crippen LogP contribution in [0.4, 0.5) is 0 Å². The van der Waals surface area contributed by atoms with Crippen molar-refractivity contribution in [2.75, 3.05) is 14.2 Å². The van der Waals surface area contributed by atoms with Gasteiger partial charge in [0.25, 0.3) is 5.56 Å². The van der Waals surface area contributed by atoms with E-state index >= 15 is 0 Å². The van der Waals surface area contributed by atoms with Gasteiger partial charge in [0.15, 0.2) is 5.16 Å². The highest BCUT2D eigenvalue weighted by molar-refractivity contribution is 7.98. The summed E-state index contributed by atoms with van der Waals surface area (Å²) in [6.45, 7) is 2.05. The topological polar surface area (TPSA) is 53.4 Å². The van der Waals surface area contributed by atoms with Crippen molar-refractivity contribution in [3.8, 4) is 17.2 Å². The maximum Gasteiger partial charge on any atom is 0.266 e. The molecule has 4 aromatic rings. The summed E-state index contributed by atoms with van der Waals surface area (Å²) in [5, 5.41) is 1.22. The number of benzene rings is 3. The minimum atomic E-state index is -0.0931. The minimum Gasteiger partial charge on any atom is -0.497 e. The summed E-state index contributed by atoms with van der Waals surface area (Å²) in [4.78, 5) is 18.1. The molecule has 3 aromatic carbocycles. The highest BCUT2D eigenvalue weighted by atomic mass is 32.2. The van der Waals surface area contributed by atoms with E-state index in [1.54, 1.807) is 18.8 Å². The molecule has 0 saturated heterocycles. The molecule has 0 spiro atoms. The number of hydrogen-bond donors (Lipinski definition) is 0. The molecule has 0 saturated carbocycles. The van der Waals surface area contributed by atoms with Gasteiger partial charge in [0.05, 0.1) is 30.8 Å².